The van der Waals surface area contributed by atoms with E-state index in [2.05, 4.69) is 55.9 Å². The van der Waals surface area contributed by atoms with Crippen molar-refractivity contribution < 1.29 is 0 Å². The Morgan fingerprint density at radius 2 is 1.76 bits per heavy atom. The van der Waals surface area contributed by atoms with E-state index in [1.54, 1.807) is 0 Å². The van der Waals surface area contributed by atoms with E-state index in [1.165, 1.54) is 5.56 Å². The normalized spacial score (nSPS) is 11.5. The van der Waals surface area contributed by atoms with Gasteiger partial charge in [0.05, 0.1) is 11.4 Å². The highest BCUT2D eigenvalue weighted by Gasteiger charge is 2.15. The van der Waals surface area contributed by atoms with Crippen LogP contribution in [0.2, 0.25) is 0 Å². The molecule has 2 heterocycles. The molecule has 2 aromatic heterocycles. The third kappa shape index (κ3) is 2.52. The lowest BCUT2D eigenvalue weighted by atomic mass is 9.87. The van der Waals surface area contributed by atoms with Crippen molar-refractivity contribution in [2.45, 2.75) is 33.1 Å². The van der Waals surface area contributed by atoms with Crippen molar-refractivity contribution in [1.82, 2.24) is 9.97 Å². The molecule has 0 atom stereocenters. The topological polar surface area (TPSA) is 25.8 Å². The van der Waals surface area contributed by atoms with Crippen LogP contribution in [0, 0.1) is 6.92 Å². The Kier molecular flexibility index (Phi) is 2.97. The minimum atomic E-state index is 0.139. The van der Waals surface area contributed by atoms with E-state index in [0.717, 1.165) is 17.0 Å². The Hall–Kier alpha value is -1.70. The van der Waals surface area contributed by atoms with Gasteiger partial charge in [0.15, 0.2) is 0 Å². The molecule has 2 aromatic rings. The number of hydrogen-bond acceptors (Lipinski definition) is 2. The number of pyridine rings is 2. The van der Waals surface area contributed by atoms with Gasteiger partial charge in [-0.1, -0.05) is 26.8 Å². The Labute approximate surface area is 103 Å². The summed E-state index contributed by atoms with van der Waals surface area (Å²) >= 11 is 0. The van der Waals surface area contributed by atoms with Gasteiger partial charge in [-0.3, -0.25) is 9.97 Å². The lowest BCUT2D eigenvalue weighted by molar-refractivity contribution is 0.589. The van der Waals surface area contributed by atoms with Gasteiger partial charge in [-0.05, 0) is 41.7 Å². The van der Waals surface area contributed by atoms with Crippen molar-refractivity contribution in [3.8, 4) is 11.4 Å². The quantitative estimate of drug-likeness (QED) is 0.740. The monoisotopic (exact) mass is 226 g/mol. The molecule has 0 bridgehead atoms. The smallest absolute Gasteiger partial charge is 0.0915 e. The molecule has 0 fully saturated rings. The summed E-state index contributed by atoms with van der Waals surface area (Å²) in [5.74, 6) is 0. The summed E-state index contributed by atoms with van der Waals surface area (Å²) in [7, 11) is 0. The van der Waals surface area contributed by atoms with Gasteiger partial charge in [-0.25, -0.2) is 0 Å². The van der Waals surface area contributed by atoms with Gasteiger partial charge in [0, 0.05) is 12.4 Å². The molecule has 0 N–H and O–H groups in total. The molecule has 2 nitrogen and oxygen atoms in total. The summed E-state index contributed by atoms with van der Waals surface area (Å²) in [6.45, 7) is 8.68. The maximum absolute atomic E-state index is 4.42. The summed E-state index contributed by atoms with van der Waals surface area (Å²) in [6, 6.07) is 8.22. The van der Waals surface area contributed by atoms with E-state index >= 15 is 0 Å². The first kappa shape index (κ1) is 11.8. The largest absolute Gasteiger partial charge is 0.255 e. The molecular weight excluding hydrogens is 208 g/mol. The van der Waals surface area contributed by atoms with Crippen molar-refractivity contribution in [3.05, 3.63) is 47.8 Å². The maximum Gasteiger partial charge on any atom is 0.0915 e. The predicted molar refractivity (Wildman–Crippen MR) is 70.9 cm³/mol. The van der Waals surface area contributed by atoms with Crippen LogP contribution in [0.3, 0.4) is 0 Å². The molecule has 17 heavy (non-hydrogen) atoms. The molecule has 0 radical (unpaired) electrons. The predicted octanol–water partition coefficient (Wildman–Crippen LogP) is 3.75. The van der Waals surface area contributed by atoms with Crippen LogP contribution in [0.5, 0.6) is 0 Å². The average molecular weight is 226 g/mol. The fraction of sp³-hybridized carbons (Fsp3) is 0.333. The highest BCUT2D eigenvalue weighted by Crippen LogP contribution is 2.26. The second-order valence-corrected chi connectivity index (χ2v) is 5.35. The van der Waals surface area contributed by atoms with Crippen LogP contribution in [-0.4, -0.2) is 9.97 Å². The summed E-state index contributed by atoms with van der Waals surface area (Å²) < 4.78 is 0. The minimum absolute atomic E-state index is 0.139. The van der Waals surface area contributed by atoms with Crippen molar-refractivity contribution in [3.63, 3.8) is 0 Å². The van der Waals surface area contributed by atoms with Crippen molar-refractivity contribution >= 4 is 0 Å². The van der Waals surface area contributed by atoms with Gasteiger partial charge in [0.25, 0.3) is 0 Å². The molecule has 0 aliphatic carbocycles. The highest BCUT2D eigenvalue weighted by atomic mass is 14.8. The van der Waals surface area contributed by atoms with Crippen LogP contribution in [0.1, 0.15) is 31.9 Å². The maximum atomic E-state index is 4.42. The second kappa shape index (κ2) is 4.28. The van der Waals surface area contributed by atoms with Gasteiger partial charge in [0.2, 0.25) is 0 Å². The van der Waals surface area contributed by atoms with Crippen LogP contribution in [0.4, 0.5) is 0 Å². The van der Waals surface area contributed by atoms with E-state index in [4.69, 9.17) is 0 Å². The summed E-state index contributed by atoms with van der Waals surface area (Å²) in [5, 5.41) is 0. The lowest BCUT2D eigenvalue weighted by Crippen LogP contribution is -2.11. The SMILES string of the molecule is Cc1cccnc1-c1cc(C(C)(C)C)ccn1. The molecule has 0 aliphatic heterocycles. The van der Waals surface area contributed by atoms with Crippen LogP contribution in [0.25, 0.3) is 11.4 Å². The third-order valence-electron chi connectivity index (χ3n) is 2.88. The van der Waals surface area contributed by atoms with Crippen molar-refractivity contribution in [2.75, 3.05) is 0 Å². The first-order chi connectivity index (χ1) is 7.98. The Morgan fingerprint density at radius 1 is 1.00 bits per heavy atom. The van der Waals surface area contributed by atoms with Gasteiger partial charge in [-0.15, -0.1) is 0 Å². The average Bonchev–Trinajstić information content (AvgIpc) is 2.29. The zero-order valence-corrected chi connectivity index (χ0v) is 10.9. The molecule has 0 saturated carbocycles. The molecule has 0 saturated heterocycles. The molecule has 0 spiro atoms. The van der Waals surface area contributed by atoms with E-state index < -0.39 is 0 Å². The molecule has 0 aromatic carbocycles. The number of nitrogens with zero attached hydrogens (tertiary/aromatic N) is 2. The van der Waals surface area contributed by atoms with Crippen LogP contribution in [0.15, 0.2) is 36.7 Å². The molecule has 2 heteroatoms. The van der Waals surface area contributed by atoms with Crippen LogP contribution < -0.4 is 0 Å². The lowest BCUT2D eigenvalue weighted by Gasteiger charge is -2.19. The minimum Gasteiger partial charge on any atom is -0.255 e. The molecule has 0 unspecified atom stereocenters. The van der Waals surface area contributed by atoms with E-state index in [0.29, 0.717) is 0 Å². The summed E-state index contributed by atoms with van der Waals surface area (Å²) in [4.78, 5) is 8.83. The standard InChI is InChI=1S/C15H18N2/c1-11-6-5-8-17-14(11)13-10-12(7-9-16-13)15(2,3)4/h5-10H,1-4H3. The van der Waals surface area contributed by atoms with Gasteiger partial charge in [-0.2, -0.15) is 0 Å². The molecule has 2 rings (SSSR count). The molecule has 0 amide bonds. The summed E-state index contributed by atoms with van der Waals surface area (Å²) in [5.41, 5.74) is 4.51. The number of hydrogen-bond donors (Lipinski definition) is 0. The fourth-order valence-electron chi connectivity index (χ4n) is 1.78. The van der Waals surface area contributed by atoms with Gasteiger partial charge >= 0.3 is 0 Å². The zero-order valence-electron chi connectivity index (χ0n) is 10.9. The van der Waals surface area contributed by atoms with Gasteiger partial charge < -0.3 is 0 Å². The first-order valence-electron chi connectivity index (χ1n) is 5.87. The van der Waals surface area contributed by atoms with E-state index in [1.807, 2.05) is 18.5 Å². The number of aromatic nitrogens is 2. The molecule has 0 aliphatic rings. The van der Waals surface area contributed by atoms with Crippen molar-refractivity contribution in [2.24, 2.45) is 0 Å². The Balaban J connectivity index is 2.51. The van der Waals surface area contributed by atoms with Gasteiger partial charge in [0.1, 0.15) is 0 Å². The third-order valence-corrected chi connectivity index (χ3v) is 2.88. The Bertz CT molecular complexity index is 524. The van der Waals surface area contributed by atoms with E-state index in [-0.39, 0.29) is 5.41 Å². The Morgan fingerprint density at radius 3 is 2.41 bits per heavy atom. The summed E-state index contributed by atoms with van der Waals surface area (Å²) in [6.07, 6.45) is 3.68. The fourth-order valence-corrected chi connectivity index (χ4v) is 1.78. The van der Waals surface area contributed by atoms with E-state index in [9.17, 15) is 0 Å². The number of aryl methyl sites for hydroxylation is 1. The van der Waals surface area contributed by atoms with Crippen molar-refractivity contribution in [1.29, 1.82) is 0 Å². The van der Waals surface area contributed by atoms with Crippen LogP contribution >= 0.6 is 0 Å². The molecule has 88 valence electrons. The highest BCUT2D eigenvalue weighted by molar-refractivity contribution is 5.59. The van der Waals surface area contributed by atoms with Crippen LogP contribution in [-0.2, 0) is 5.41 Å². The first-order valence-corrected chi connectivity index (χ1v) is 5.87. The zero-order chi connectivity index (χ0) is 12.5. The molecular formula is C15H18N2. The second-order valence-electron chi connectivity index (χ2n) is 5.35. The number of rotatable bonds is 1.